The molecule has 0 unspecified atom stereocenters. The Morgan fingerprint density at radius 3 is 1.34 bits per heavy atom. The maximum Gasteiger partial charge on any atom is 0.136 e. The molecule has 0 atom stereocenters. The third-order valence-electron chi connectivity index (χ3n) is 11.8. The van der Waals surface area contributed by atoms with Crippen LogP contribution < -0.4 is 4.90 Å². The summed E-state index contributed by atoms with van der Waals surface area (Å²) in [4.78, 5) is 1.96. The van der Waals surface area contributed by atoms with Crippen LogP contribution in [-0.4, -0.2) is 0 Å². The molecule has 0 saturated heterocycles. The van der Waals surface area contributed by atoms with E-state index in [1.807, 2.05) is 71.6 Å². The summed E-state index contributed by atoms with van der Waals surface area (Å²) in [5.74, 6) is 0. The molecule has 3 aromatic heterocycles. The van der Waals surface area contributed by atoms with Gasteiger partial charge in [-0.3, -0.25) is 0 Å². The largest absolute Gasteiger partial charge is 0.456 e. The van der Waals surface area contributed by atoms with Gasteiger partial charge in [-0.1, -0.05) is 139 Å². The maximum atomic E-state index is 9.13. The second kappa shape index (κ2) is 14.5. The number of furan rings is 3. The fourth-order valence-electron chi connectivity index (χ4n) is 8.74. The van der Waals surface area contributed by atoms with Gasteiger partial charge in [0.25, 0.3) is 0 Å². The minimum atomic E-state index is -0.514. The Hall–Kier alpha value is -8.60. The molecule has 0 aliphatic rings. The van der Waals surface area contributed by atoms with Gasteiger partial charge < -0.3 is 18.2 Å². The van der Waals surface area contributed by atoms with E-state index in [4.69, 9.17) is 32.4 Å². The first-order chi connectivity index (χ1) is 37.5. The van der Waals surface area contributed by atoms with Crippen LogP contribution in [0.4, 0.5) is 17.1 Å². The molecule has 13 rings (SSSR count). The van der Waals surface area contributed by atoms with Crippen molar-refractivity contribution in [1.82, 2.24) is 0 Å². The lowest BCUT2D eigenvalue weighted by molar-refractivity contribution is 0.668. The highest BCUT2D eigenvalue weighted by molar-refractivity contribution is 6.13. The third-order valence-corrected chi connectivity index (χ3v) is 11.8. The van der Waals surface area contributed by atoms with Gasteiger partial charge in [0.05, 0.1) is 19.2 Å². The van der Waals surface area contributed by atoms with Crippen molar-refractivity contribution in [2.75, 3.05) is 4.90 Å². The third kappa shape index (κ3) is 5.92. The van der Waals surface area contributed by atoms with E-state index in [2.05, 4.69) is 24.3 Å². The first-order valence-corrected chi connectivity index (χ1v) is 20.5. The van der Waals surface area contributed by atoms with Crippen molar-refractivity contribution in [2.24, 2.45) is 0 Å². The summed E-state index contributed by atoms with van der Waals surface area (Å²) in [5.41, 5.74) is 8.07. The number of rotatable bonds is 7. The highest BCUT2D eigenvalue weighted by atomic mass is 16.3. The summed E-state index contributed by atoms with van der Waals surface area (Å²) in [7, 11) is 0. The fourth-order valence-corrected chi connectivity index (χ4v) is 8.74. The molecule has 64 heavy (non-hydrogen) atoms. The van der Waals surface area contributed by atoms with Crippen LogP contribution in [0, 0.1) is 0 Å². The zero-order chi connectivity index (χ0) is 54.3. The predicted octanol–water partition coefficient (Wildman–Crippen LogP) is 17.5. The molecule has 0 fully saturated rings. The molecule has 0 amide bonds. The molecule has 4 heteroatoms. The number of hydrogen-bond donors (Lipinski definition) is 0. The molecule has 300 valence electrons. The van der Waals surface area contributed by atoms with Crippen LogP contribution in [0.25, 0.3) is 110 Å². The minimum absolute atomic E-state index is 0.00357. The smallest absolute Gasteiger partial charge is 0.136 e. The summed E-state index contributed by atoms with van der Waals surface area (Å²) in [6.45, 7) is 0. The lowest BCUT2D eigenvalue weighted by Gasteiger charge is -2.26. The number of benzene rings is 10. The standard InChI is InChI=1S/C60H37NO3/c1-4-17-53-49(12-1)52-37-43(28-35-56(52)62-53)42-11-7-10-41(36-42)38-22-29-44(30-23-38)61(45-31-24-39(25-32-45)47-15-8-20-57-59(47)50-13-2-5-18-54(50)63-57)46-33-26-40(27-34-46)48-16-9-21-58-60(48)51-14-3-6-19-55(51)64-58/h1-37H/i2D,3D,5D,6D,8D,9D,13D,14D,15D,16D,18D,19D,20D,21D. The Bertz CT molecular complexity index is 4520. The first kappa shape index (κ1) is 24.7. The van der Waals surface area contributed by atoms with Crippen LogP contribution >= 0.6 is 0 Å². The van der Waals surface area contributed by atoms with E-state index in [9.17, 15) is 0 Å². The average Bonchev–Trinajstić information content (AvgIpc) is 4.35. The van der Waals surface area contributed by atoms with Crippen LogP contribution in [0.5, 0.6) is 0 Å². The van der Waals surface area contributed by atoms with E-state index in [0.29, 0.717) is 28.2 Å². The fraction of sp³-hybridized carbons (Fsp3) is 0. The summed E-state index contributed by atoms with van der Waals surface area (Å²) < 4.78 is 139. The van der Waals surface area contributed by atoms with Gasteiger partial charge in [0.15, 0.2) is 0 Å². The predicted molar refractivity (Wildman–Crippen MR) is 265 cm³/mol. The lowest BCUT2D eigenvalue weighted by Crippen LogP contribution is -2.09. The van der Waals surface area contributed by atoms with E-state index in [1.54, 1.807) is 48.5 Å². The van der Waals surface area contributed by atoms with Crippen molar-refractivity contribution >= 4 is 82.9 Å². The molecule has 13 aromatic rings. The molecule has 0 spiro atoms. The number of anilines is 3. The Balaban J connectivity index is 0.944. The zero-order valence-corrected chi connectivity index (χ0v) is 33.5. The van der Waals surface area contributed by atoms with E-state index in [-0.39, 0.29) is 67.1 Å². The monoisotopic (exact) mass is 833 g/mol. The molecule has 0 radical (unpaired) electrons. The van der Waals surface area contributed by atoms with Crippen LogP contribution in [0.2, 0.25) is 0 Å². The number of hydrogen-bond acceptors (Lipinski definition) is 4. The normalized spacial score (nSPS) is 14.8. The highest BCUT2D eigenvalue weighted by Crippen LogP contribution is 2.42. The molecule has 0 saturated carbocycles. The van der Waals surface area contributed by atoms with Gasteiger partial charge in [-0.2, -0.15) is 0 Å². The van der Waals surface area contributed by atoms with Crippen LogP contribution in [0.15, 0.2) is 237 Å². The van der Waals surface area contributed by atoms with Crippen molar-refractivity contribution in [3.8, 4) is 44.5 Å². The van der Waals surface area contributed by atoms with Crippen molar-refractivity contribution < 1.29 is 32.4 Å². The molecular formula is C60H37NO3. The summed E-state index contributed by atoms with van der Waals surface area (Å²) >= 11 is 0. The van der Waals surface area contributed by atoms with Gasteiger partial charge in [-0.05, 0) is 129 Å². The topological polar surface area (TPSA) is 42.7 Å². The molecule has 4 nitrogen and oxygen atoms in total. The van der Waals surface area contributed by atoms with Crippen molar-refractivity contribution in [1.29, 1.82) is 0 Å². The van der Waals surface area contributed by atoms with E-state index in [1.165, 1.54) is 0 Å². The van der Waals surface area contributed by atoms with Crippen molar-refractivity contribution in [3.63, 3.8) is 0 Å². The van der Waals surface area contributed by atoms with Gasteiger partial charge in [0.1, 0.15) is 33.5 Å². The SMILES string of the molecule is [2H]c1c([2H])c([2H])c2c(oc3c([2H])c([2H])c([2H])c(-c4ccc(N(c5ccc(-c6cccc(-c7ccc8oc9ccccc9c8c7)c6)cc5)c5ccc(-c6c([2H])c([2H])c([2H])c7oc8c([2H])c([2H])c([2H])c([2H])c8c67)cc5)cc4)c32)c1[2H]. The van der Waals surface area contributed by atoms with Gasteiger partial charge in [0, 0.05) is 49.4 Å². The van der Waals surface area contributed by atoms with E-state index < -0.39 is 72.5 Å². The Morgan fingerprint density at radius 2 is 0.750 bits per heavy atom. The quantitative estimate of drug-likeness (QED) is 0.160. The average molecular weight is 834 g/mol. The number of fused-ring (bicyclic) bond motifs is 9. The van der Waals surface area contributed by atoms with Crippen molar-refractivity contribution in [3.05, 3.63) is 224 Å². The Labute approximate surface area is 388 Å². The second-order valence-corrected chi connectivity index (χ2v) is 15.4. The summed E-state index contributed by atoms with van der Waals surface area (Å²) in [6.07, 6.45) is 0. The number of nitrogens with zero attached hydrogens (tertiary/aromatic N) is 1. The van der Waals surface area contributed by atoms with Crippen LogP contribution in [-0.2, 0) is 0 Å². The minimum Gasteiger partial charge on any atom is -0.456 e. The Morgan fingerprint density at radius 1 is 0.297 bits per heavy atom. The lowest BCUT2D eigenvalue weighted by atomic mass is 9.97. The molecule has 3 heterocycles. The molecule has 0 bridgehead atoms. The van der Waals surface area contributed by atoms with Gasteiger partial charge in [-0.15, -0.1) is 0 Å². The second-order valence-electron chi connectivity index (χ2n) is 15.4. The molecule has 10 aromatic carbocycles. The molecule has 0 N–H and O–H groups in total. The van der Waals surface area contributed by atoms with Gasteiger partial charge >= 0.3 is 0 Å². The zero-order valence-electron chi connectivity index (χ0n) is 47.5. The van der Waals surface area contributed by atoms with Crippen molar-refractivity contribution in [2.45, 2.75) is 0 Å². The van der Waals surface area contributed by atoms with E-state index >= 15 is 0 Å². The van der Waals surface area contributed by atoms with Crippen LogP contribution in [0.3, 0.4) is 0 Å². The van der Waals surface area contributed by atoms with E-state index in [0.717, 1.165) is 44.2 Å². The maximum absolute atomic E-state index is 9.13. The molecular weight excluding hydrogens is 783 g/mol. The first-order valence-electron chi connectivity index (χ1n) is 27.5. The summed E-state index contributed by atoms with van der Waals surface area (Å²) in [6, 6.07) is 38.4. The Kier molecular flexibility index (Phi) is 5.61. The van der Waals surface area contributed by atoms with Crippen LogP contribution in [0.1, 0.15) is 19.2 Å². The van der Waals surface area contributed by atoms with Gasteiger partial charge in [-0.25, -0.2) is 0 Å². The highest BCUT2D eigenvalue weighted by Gasteiger charge is 2.18. The molecule has 0 aliphatic carbocycles. The number of para-hydroxylation sites is 3. The summed E-state index contributed by atoms with van der Waals surface area (Å²) in [5, 5.41) is 2.31. The van der Waals surface area contributed by atoms with Gasteiger partial charge in [0.2, 0.25) is 0 Å². The molecule has 0 aliphatic heterocycles.